The maximum Gasteiger partial charge on any atom is 0.128 e. The Hall–Kier alpha value is -1.13. The van der Waals surface area contributed by atoms with Gasteiger partial charge in [0.1, 0.15) is 5.82 Å². The van der Waals surface area contributed by atoms with Crippen LogP contribution in [-0.4, -0.2) is 55.7 Å². The Kier molecular flexibility index (Phi) is 4.30. The normalized spacial score (nSPS) is 24.8. The van der Waals surface area contributed by atoms with Crippen molar-refractivity contribution in [1.82, 2.24) is 15.2 Å². The van der Waals surface area contributed by atoms with E-state index in [4.69, 9.17) is 0 Å². The molecule has 1 aromatic heterocycles. The van der Waals surface area contributed by atoms with Crippen LogP contribution >= 0.6 is 0 Å². The van der Waals surface area contributed by atoms with Crippen molar-refractivity contribution in [2.45, 2.75) is 12.8 Å². The Morgan fingerprint density at radius 3 is 2.79 bits per heavy atom. The summed E-state index contributed by atoms with van der Waals surface area (Å²) in [4.78, 5) is 9.44. The molecule has 0 amide bonds. The summed E-state index contributed by atoms with van der Waals surface area (Å²) < 4.78 is 0. The zero-order chi connectivity index (χ0) is 12.9. The molecule has 0 bridgehead atoms. The third-order valence-corrected chi connectivity index (χ3v) is 4.36. The van der Waals surface area contributed by atoms with Gasteiger partial charge in [0, 0.05) is 32.4 Å². The second-order valence-corrected chi connectivity index (χ2v) is 5.66. The topological polar surface area (TPSA) is 31.4 Å². The van der Waals surface area contributed by atoms with Crippen molar-refractivity contribution < 1.29 is 0 Å². The molecule has 2 aliphatic heterocycles. The average molecular weight is 260 g/mol. The van der Waals surface area contributed by atoms with E-state index in [2.05, 4.69) is 32.2 Å². The lowest BCUT2D eigenvalue weighted by Gasteiger charge is -2.35. The zero-order valence-corrected chi connectivity index (χ0v) is 11.6. The molecule has 2 saturated heterocycles. The second kappa shape index (κ2) is 6.35. The van der Waals surface area contributed by atoms with Gasteiger partial charge in [0.2, 0.25) is 0 Å². The van der Waals surface area contributed by atoms with Gasteiger partial charge in [-0.3, -0.25) is 4.90 Å². The fourth-order valence-corrected chi connectivity index (χ4v) is 3.07. The van der Waals surface area contributed by atoms with Crippen molar-refractivity contribution in [3.63, 3.8) is 0 Å². The fraction of sp³-hybridized carbons (Fsp3) is 0.667. The first-order valence-electron chi connectivity index (χ1n) is 7.51. The molecule has 4 nitrogen and oxygen atoms in total. The average Bonchev–Trinajstić information content (AvgIpc) is 3.00. The van der Waals surface area contributed by atoms with Crippen molar-refractivity contribution in [2.75, 3.05) is 50.7 Å². The number of nitrogens with zero attached hydrogens (tertiary/aromatic N) is 3. The molecule has 1 aromatic rings. The van der Waals surface area contributed by atoms with Gasteiger partial charge < -0.3 is 10.2 Å². The van der Waals surface area contributed by atoms with Crippen LogP contribution in [0.5, 0.6) is 0 Å². The first-order valence-corrected chi connectivity index (χ1v) is 7.51. The van der Waals surface area contributed by atoms with E-state index in [1.54, 1.807) is 0 Å². The number of pyridine rings is 1. The van der Waals surface area contributed by atoms with Crippen LogP contribution in [0.2, 0.25) is 0 Å². The number of nitrogens with one attached hydrogen (secondary N) is 1. The number of piperazine rings is 1. The standard InChI is InChI=1S/C15H24N4/c1-2-6-17-15(3-1)19-11-9-18(10-12-19)8-5-14-4-7-16-13-14/h1-3,6,14,16H,4-5,7-13H2. The van der Waals surface area contributed by atoms with E-state index in [9.17, 15) is 0 Å². The van der Waals surface area contributed by atoms with Crippen LogP contribution < -0.4 is 10.2 Å². The maximum atomic E-state index is 4.44. The molecule has 0 spiro atoms. The predicted octanol–water partition coefficient (Wildman–Crippen LogP) is 1.20. The molecule has 4 heteroatoms. The summed E-state index contributed by atoms with van der Waals surface area (Å²) in [6.45, 7) is 8.29. The highest BCUT2D eigenvalue weighted by molar-refractivity contribution is 5.38. The SMILES string of the molecule is c1ccc(N2CCN(CCC3CCNC3)CC2)nc1. The summed E-state index contributed by atoms with van der Waals surface area (Å²) in [5, 5.41) is 3.45. The van der Waals surface area contributed by atoms with Gasteiger partial charge in [-0.1, -0.05) is 6.07 Å². The Morgan fingerprint density at radius 2 is 2.11 bits per heavy atom. The summed E-state index contributed by atoms with van der Waals surface area (Å²) in [6.07, 6.45) is 4.61. The third-order valence-electron chi connectivity index (χ3n) is 4.36. The number of hydrogen-bond acceptors (Lipinski definition) is 4. The molecule has 1 N–H and O–H groups in total. The van der Waals surface area contributed by atoms with Gasteiger partial charge in [0.15, 0.2) is 0 Å². The van der Waals surface area contributed by atoms with E-state index < -0.39 is 0 Å². The molecule has 0 radical (unpaired) electrons. The van der Waals surface area contributed by atoms with Gasteiger partial charge in [-0.2, -0.15) is 0 Å². The van der Waals surface area contributed by atoms with E-state index >= 15 is 0 Å². The van der Waals surface area contributed by atoms with Gasteiger partial charge in [0.05, 0.1) is 0 Å². The minimum Gasteiger partial charge on any atom is -0.354 e. The monoisotopic (exact) mass is 260 g/mol. The van der Waals surface area contributed by atoms with Gasteiger partial charge >= 0.3 is 0 Å². The highest BCUT2D eigenvalue weighted by atomic mass is 15.3. The molecule has 3 rings (SSSR count). The van der Waals surface area contributed by atoms with Crippen molar-refractivity contribution in [3.8, 4) is 0 Å². The van der Waals surface area contributed by atoms with Crippen LogP contribution in [0.25, 0.3) is 0 Å². The number of aromatic nitrogens is 1. The largest absolute Gasteiger partial charge is 0.354 e. The summed E-state index contributed by atoms with van der Waals surface area (Å²) in [5.41, 5.74) is 0. The lowest BCUT2D eigenvalue weighted by molar-refractivity contribution is 0.240. The van der Waals surface area contributed by atoms with Gasteiger partial charge in [-0.05, 0) is 50.5 Å². The highest BCUT2D eigenvalue weighted by Crippen LogP contribution is 2.15. The minimum atomic E-state index is 0.911. The van der Waals surface area contributed by atoms with Crippen molar-refractivity contribution in [1.29, 1.82) is 0 Å². The lowest BCUT2D eigenvalue weighted by atomic mass is 10.0. The quantitative estimate of drug-likeness (QED) is 0.881. The van der Waals surface area contributed by atoms with E-state index in [1.807, 2.05) is 12.3 Å². The Bertz CT molecular complexity index is 367. The molecule has 2 aliphatic rings. The molecule has 3 heterocycles. The first kappa shape index (κ1) is 12.9. The van der Waals surface area contributed by atoms with Crippen LogP contribution in [0, 0.1) is 5.92 Å². The third kappa shape index (κ3) is 3.45. The molecule has 104 valence electrons. The second-order valence-electron chi connectivity index (χ2n) is 5.66. The Labute approximate surface area is 115 Å². The molecular formula is C15H24N4. The minimum absolute atomic E-state index is 0.911. The molecule has 1 atom stereocenters. The van der Waals surface area contributed by atoms with E-state index in [-0.39, 0.29) is 0 Å². The predicted molar refractivity (Wildman–Crippen MR) is 78.5 cm³/mol. The molecule has 1 unspecified atom stereocenters. The smallest absolute Gasteiger partial charge is 0.128 e. The molecule has 0 saturated carbocycles. The van der Waals surface area contributed by atoms with Crippen molar-refractivity contribution in [3.05, 3.63) is 24.4 Å². The number of anilines is 1. The molecule has 2 fully saturated rings. The maximum absolute atomic E-state index is 4.44. The Morgan fingerprint density at radius 1 is 1.21 bits per heavy atom. The van der Waals surface area contributed by atoms with E-state index in [0.717, 1.165) is 24.8 Å². The van der Waals surface area contributed by atoms with Crippen molar-refractivity contribution >= 4 is 5.82 Å². The number of rotatable bonds is 4. The summed E-state index contributed by atoms with van der Waals surface area (Å²) >= 11 is 0. The van der Waals surface area contributed by atoms with Crippen LogP contribution in [0.1, 0.15) is 12.8 Å². The summed E-state index contributed by atoms with van der Waals surface area (Å²) in [5.74, 6) is 2.04. The molecule has 0 aromatic carbocycles. The van der Waals surface area contributed by atoms with Crippen LogP contribution in [0.3, 0.4) is 0 Å². The molecular weight excluding hydrogens is 236 g/mol. The van der Waals surface area contributed by atoms with Gasteiger partial charge in [0.25, 0.3) is 0 Å². The fourth-order valence-electron chi connectivity index (χ4n) is 3.07. The zero-order valence-electron chi connectivity index (χ0n) is 11.6. The van der Waals surface area contributed by atoms with Crippen LogP contribution in [-0.2, 0) is 0 Å². The van der Waals surface area contributed by atoms with Crippen LogP contribution in [0.4, 0.5) is 5.82 Å². The number of hydrogen-bond donors (Lipinski definition) is 1. The van der Waals surface area contributed by atoms with Crippen LogP contribution in [0.15, 0.2) is 24.4 Å². The summed E-state index contributed by atoms with van der Waals surface area (Å²) in [7, 11) is 0. The summed E-state index contributed by atoms with van der Waals surface area (Å²) in [6, 6.07) is 6.16. The van der Waals surface area contributed by atoms with E-state index in [1.165, 1.54) is 45.6 Å². The first-order chi connectivity index (χ1) is 9.42. The Balaban J connectivity index is 1.42. The highest BCUT2D eigenvalue weighted by Gasteiger charge is 2.20. The van der Waals surface area contributed by atoms with Gasteiger partial charge in [-0.25, -0.2) is 4.98 Å². The van der Waals surface area contributed by atoms with E-state index in [0.29, 0.717) is 0 Å². The molecule has 0 aliphatic carbocycles. The lowest BCUT2D eigenvalue weighted by Crippen LogP contribution is -2.47. The molecule has 19 heavy (non-hydrogen) atoms. The van der Waals surface area contributed by atoms with Gasteiger partial charge in [-0.15, -0.1) is 0 Å². The van der Waals surface area contributed by atoms with Crippen molar-refractivity contribution in [2.24, 2.45) is 5.92 Å².